The number of para-hydroxylation sites is 1. The van der Waals surface area contributed by atoms with Crippen molar-refractivity contribution in [1.29, 1.82) is 0 Å². The first kappa shape index (κ1) is 39.1. The highest BCUT2D eigenvalue weighted by atomic mass is 15.2. The van der Waals surface area contributed by atoms with Gasteiger partial charge >= 0.3 is 0 Å². The van der Waals surface area contributed by atoms with Gasteiger partial charge in [-0.25, -0.2) is 0 Å². The first-order valence-electron chi connectivity index (χ1n) is 22.1. The van der Waals surface area contributed by atoms with E-state index >= 15 is 0 Å². The molecule has 2 nitrogen and oxygen atoms in total. The van der Waals surface area contributed by atoms with E-state index in [-0.39, 0.29) is 11.5 Å². The van der Waals surface area contributed by atoms with Crippen molar-refractivity contribution in [2.75, 3.05) is 9.80 Å². The Morgan fingerprint density at radius 2 is 1.17 bits per heavy atom. The summed E-state index contributed by atoms with van der Waals surface area (Å²) < 4.78 is 0. The van der Waals surface area contributed by atoms with Gasteiger partial charge in [0.05, 0.1) is 5.54 Å². The van der Waals surface area contributed by atoms with Gasteiger partial charge in [0.15, 0.2) is 0 Å². The number of benzene rings is 6. The lowest BCUT2D eigenvalue weighted by atomic mass is 9.79. The highest BCUT2D eigenvalue weighted by molar-refractivity contribution is 5.80. The van der Waals surface area contributed by atoms with Gasteiger partial charge in [-0.15, -0.1) is 0 Å². The molecule has 6 aromatic rings. The molecular formula is C58H56N2. The number of hydrogen-bond donors (Lipinski definition) is 0. The molecule has 0 heterocycles. The molecule has 0 bridgehead atoms. The molecule has 0 amide bonds. The van der Waals surface area contributed by atoms with Crippen LogP contribution in [0.4, 0.5) is 22.7 Å². The van der Waals surface area contributed by atoms with E-state index in [2.05, 4.69) is 229 Å². The summed E-state index contributed by atoms with van der Waals surface area (Å²) in [6.07, 6.45) is 25.9. The number of allylic oxidation sites excluding steroid dienone is 9. The maximum absolute atomic E-state index is 2.59. The topological polar surface area (TPSA) is 6.48 Å². The third kappa shape index (κ3) is 8.66. The first-order valence-corrected chi connectivity index (χ1v) is 22.1. The number of hydrogen-bond acceptors (Lipinski definition) is 2. The maximum atomic E-state index is 2.59. The van der Waals surface area contributed by atoms with Gasteiger partial charge in [-0.1, -0.05) is 158 Å². The Bertz CT molecular complexity index is 2440. The van der Waals surface area contributed by atoms with Crippen molar-refractivity contribution < 1.29 is 0 Å². The molecule has 0 spiro atoms. The molecule has 9 rings (SSSR count). The standard InChI is InChI=1S/C58H56N2/c1-58(42-40-45(41-43-58)44-56(46-20-8-2-9-21-46)47-22-10-3-11-23-47)60(54-34-32-50(33-35-54)57(48-24-12-4-13-25-48)49-26-14-5-15-27-49)55-38-36-53(37-39-55)59(51-28-16-6-17-29-51)52-30-18-7-19-31-52/h2,4-9,12-18,20-22,24-30,32-40,42,44-45,57H,3,10-11,19,23,31,41,43H2,1H3/b56-44+. The second kappa shape index (κ2) is 18.3. The minimum absolute atomic E-state index is 0.151. The van der Waals surface area contributed by atoms with Crippen molar-refractivity contribution >= 4 is 28.3 Å². The fourth-order valence-electron chi connectivity index (χ4n) is 9.61. The lowest BCUT2D eigenvalue weighted by Gasteiger charge is -2.44. The van der Waals surface area contributed by atoms with Crippen LogP contribution in [0.3, 0.4) is 0 Å². The summed E-state index contributed by atoms with van der Waals surface area (Å²) in [6.45, 7) is 2.43. The van der Waals surface area contributed by atoms with Gasteiger partial charge in [0.1, 0.15) is 0 Å². The molecule has 2 heteroatoms. The molecule has 3 aliphatic rings. The van der Waals surface area contributed by atoms with E-state index in [4.69, 9.17) is 0 Å². The Morgan fingerprint density at radius 1 is 0.600 bits per heavy atom. The van der Waals surface area contributed by atoms with Crippen LogP contribution in [0.5, 0.6) is 0 Å². The molecule has 0 aromatic heterocycles. The molecule has 2 unspecified atom stereocenters. The molecule has 0 aliphatic heterocycles. The molecular weight excluding hydrogens is 725 g/mol. The van der Waals surface area contributed by atoms with E-state index in [0.29, 0.717) is 5.92 Å². The Hall–Kier alpha value is -6.38. The Balaban J connectivity index is 1.09. The second-order valence-corrected chi connectivity index (χ2v) is 16.8. The number of rotatable bonds is 12. The van der Waals surface area contributed by atoms with E-state index in [0.717, 1.165) is 25.7 Å². The van der Waals surface area contributed by atoms with Crippen molar-refractivity contribution in [2.45, 2.75) is 69.7 Å². The quantitative estimate of drug-likeness (QED) is 0.0901. The number of nitrogens with zero attached hydrogens (tertiary/aromatic N) is 2. The average Bonchev–Trinajstić information content (AvgIpc) is 3.32. The van der Waals surface area contributed by atoms with Crippen molar-refractivity contribution in [3.63, 3.8) is 0 Å². The molecule has 0 fully saturated rings. The monoisotopic (exact) mass is 780 g/mol. The van der Waals surface area contributed by atoms with Gasteiger partial charge in [0, 0.05) is 34.4 Å². The predicted octanol–water partition coefficient (Wildman–Crippen LogP) is 15.7. The van der Waals surface area contributed by atoms with Gasteiger partial charge in [0.2, 0.25) is 0 Å². The zero-order valence-electron chi connectivity index (χ0n) is 34.9. The molecule has 6 aromatic carbocycles. The molecule has 298 valence electrons. The van der Waals surface area contributed by atoms with Crippen LogP contribution in [-0.2, 0) is 0 Å². The van der Waals surface area contributed by atoms with Crippen molar-refractivity contribution in [3.05, 3.63) is 246 Å². The summed E-state index contributed by atoms with van der Waals surface area (Å²) in [5, 5.41) is 0. The molecule has 60 heavy (non-hydrogen) atoms. The molecule has 2 atom stereocenters. The van der Waals surface area contributed by atoms with E-state index in [9.17, 15) is 0 Å². The van der Waals surface area contributed by atoms with Gasteiger partial charge in [-0.05, 0) is 152 Å². The van der Waals surface area contributed by atoms with Crippen LogP contribution in [0, 0.1) is 5.92 Å². The summed E-state index contributed by atoms with van der Waals surface area (Å²) in [4.78, 5) is 5.01. The summed E-state index contributed by atoms with van der Waals surface area (Å²) in [7, 11) is 0. The lowest BCUT2D eigenvalue weighted by Crippen LogP contribution is -2.43. The van der Waals surface area contributed by atoms with Gasteiger partial charge in [0.25, 0.3) is 0 Å². The molecule has 0 radical (unpaired) electrons. The largest absolute Gasteiger partial charge is 0.332 e. The third-order valence-electron chi connectivity index (χ3n) is 12.7. The van der Waals surface area contributed by atoms with Gasteiger partial charge < -0.3 is 9.80 Å². The van der Waals surface area contributed by atoms with Crippen molar-refractivity contribution in [1.82, 2.24) is 0 Å². The van der Waals surface area contributed by atoms with Crippen LogP contribution in [0.1, 0.15) is 86.5 Å². The summed E-state index contributed by atoms with van der Waals surface area (Å²) in [5.74, 6) is 0.523. The fraction of sp³-hybridized carbons (Fsp3) is 0.207. The Kier molecular flexibility index (Phi) is 11.9. The smallest absolute Gasteiger partial charge is 0.0605 e. The van der Waals surface area contributed by atoms with E-state index in [1.807, 2.05) is 0 Å². The molecule has 3 aliphatic carbocycles. The SMILES string of the molecule is CC1(N(c2ccc(C(c3ccccc3)c3ccccc3)cc2)c2ccc(N(C3=CC=CCC3)c3ccccc3)cc2)C=CC(/C=C(/C2=CCCCC2)c2ccccc2)CC1. The first-order chi connectivity index (χ1) is 29.6. The molecule has 0 saturated heterocycles. The Labute approximate surface area is 358 Å². The van der Waals surface area contributed by atoms with E-state index in [1.54, 1.807) is 0 Å². The Morgan fingerprint density at radius 3 is 1.73 bits per heavy atom. The lowest BCUT2D eigenvalue weighted by molar-refractivity contribution is 0.451. The van der Waals surface area contributed by atoms with E-state index in [1.165, 1.54) is 87.5 Å². The van der Waals surface area contributed by atoms with Crippen LogP contribution in [0.15, 0.2) is 224 Å². The fourth-order valence-corrected chi connectivity index (χ4v) is 9.61. The second-order valence-electron chi connectivity index (χ2n) is 16.8. The predicted molar refractivity (Wildman–Crippen MR) is 255 cm³/mol. The summed E-state index contributed by atoms with van der Waals surface area (Å²) in [5.41, 5.74) is 14.0. The number of anilines is 4. The van der Waals surface area contributed by atoms with Crippen LogP contribution >= 0.6 is 0 Å². The molecule has 0 saturated carbocycles. The normalized spacial score (nSPS) is 19.1. The van der Waals surface area contributed by atoms with Crippen LogP contribution < -0.4 is 9.80 Å². The van der Waals surface area contributed by atoms with Crippen molar-refractivity contribution in [2.24, 2.45) is 5.92 Å². The zero-order chi connectivity index (χ0) is 40.6. The van der Waals surface area contributed by atoms with E-state index < -0.39 is 0 Å². The van der Waals surface area contributed by atoms with Crippen LogP contribution in [-0.4, -0.2) is 5.54 Å². The van der Waals surface area contributed by atoms with Crippen LogP contribution in [0.2, 0.25) is 0 Å². The van der Waals surface area contributed by atoms with Gasteiger partial charge in [-0.3, -0.25) is 0 Å². The van der Waals surface area contributed by atoms with Gasteiger partial charge in [-0.2, -0.15) is 0 Å². The van der Waals surface area contributed by atoms with Crippen LogP contribution in [0.25, 0.3) is 5.57 Å². The molecule has 0 N–H and O–H groups in total. The van der Waals surface area contributed by atoms with Crippen molar-refractivity contribution in [3.8, 4) is 0 Å². The zero-order valence-corrected chi connectivity index (χ0v) is 34.9. The maximum Gasteiger partial charge on any atom is 0.0605 e. The highest BCUT2D eigenvalue weighted by Gasteiger charge is 2.34. The highest BCUT2D eigenvalue weighted by Crippen LogP contribution is 2.44. The summed E-state index contributed by atoms with van der Waals surface area (Å²) >= 11 is 0. The third-order valence-corrected chi connectivity index (χ3v) is 12.7. The average molecular weight is 781 g/mol. The summed E-state index contributed by atoms with van der Waals surface area (Å²) in [6, 6.07) is 62.4. The minimum atomic E-state index is -0.238. The minimum Gasteiger partial charge on any atom is -0.332 e.